The van der Waals surface area contributed by atoms with Gasteiger partial charge in [-0.05, 0) is 43.2 Å². The lowest BCUT2D eigenvalue weighted by Crippen LogP contribution is -2.27. The molecule has 9 heteroatoms. The Bertz CT molecular complexity index is 957. The first-order valence-electron chi connectivity index (χ1n) is 8.32. The molecule has 146 valence electrons. The maximum Gasteiger partial charge on any atom is 0.416 e. The highest BCUT2D eigenvalue weighted by Gasteiger charge is 2.30. The number of nitrogens with one attached hydrogen (secondary N) is 1. The summed E-state index contributed by atoms with van der Waals surface area (Å²) >= 11 is 1.44. The maximum atomic E-state index is 12.8. The molecule has 2 aromatic heterocycles. The summed E-state index contributed by atoms with van der Waals surface area (Å²) in [6, 6.07) is 10.5. The predicted octanol–water partition coefficient (Wildman–Crippen LogP) is 5.01. The molecule has 28 heavy (non-hydrogen) atoms. The van der Waals surface area contributed by atoms with Crippen molar-refractivity contribution in [3.63, 3.8) is 0 Å². The van der Waals surface area contributed by atoms with Crippen molar-refractivity contribution < 1.29 is 17.6 Å². The lowest BCUT2D eigenvalue weighted by atomic mass is 10.0. The van der Waals surface area contributed by atoms with Gasteiger partial charge < -0.3 is 14.6 Å². The number of alkyl halides is 3. The van der Waals surface area contributed by atoms with Gasteiger partial charge >= 0.3 is 6.18 Å². The summed E-state index contributed by atoms with van der Waals surface area (Å²) in [7, 11) is 3.65. The lowest BCUT2D eigenvalue weighted by Gasteiger charge is -2.25. The Morgan fingerprint density at radius 1 is 1.25 bits per heavy atom. The van der Waals surface area contributed by atoms with E-state index < -0.39 is 11.7 Å². The number of oxazole rings is 1. The molecule has 1 N–H and O–H groups in total. The van der Waals surface area contributed by atoms with Crippen LogP contribution >= 0.6 is 11.3 Å². The number of halogens is 3. The number of nitriles is 1. The highest BCUT2D eigenvalue weighted by atomic mass is 32.1. The molecule has 0 radical (unpaired) electrons. The van der Waals surface area contributed by atoms with Crippen LogP contribution in [0.2, 0.25) is 0 Å². The second kappa shape index (κ2) is 8.04. The zero-order chi connectivity index (χ0) is 20.3. The minimum absolute atomic E-state index is 0.133. The minimum Gasteiger partial charge on any atom is -0.418 e. The molecule has 3 rings (SSSR count). The van der Waals surface area contributed by atoms with Crippen LogP contribution in [0, 0.1) is 11.3 Å². The van der Waals surface area contributed by atoms with Crippen LogP contribution in [0.5, 0.6) is 0 Å². The summed E-state index contributed by atoms with van der Waals surface area (Å²) in [4.78, 5) is 6.86. The van der Waals surface area contributed by atoms with Crippen molar-refractivity contribution in [3.8, 4) is 16.8 Å². The zero-order valence-corrected chi connectivity index (χ0v) is 15.9. The molecule has 3 aromatic rings. The van der Waals surface area contributed by atoms with Gasteiger partial charge in [-0.2, -0.15) is 23.4 Å². The van der Waals surface area contributed by atoms with E-state index in [0.29, 0.717) is 18.0 Å². The summed E-state index contributed by atoms with van der Waals surface area (Å²) in [6.45, 7) is 0.326. The quantitative estimate of drug-likeness (QED) is 0.624. The standard InChI is InChI=1S/C19H17F3N4OS/c1-26(2)15(12-5-7-13(8-6-12)19(20,21)22)11-24-17-14(10-23)25-18(27-17)16-4-3-9-28-16/h3-9,15,24H,11H2,1-2H3. The normalized spacial score (nSPS) is 12.8. The molecule has 2 heterocycles. The molecule has 1 aromatic carbocycles. The number of rotatable bonds is 6. The van der Waals surface area contributed by atoms with E-state index in [1.165, 1.54) is 23.5 Å². The third-order valence-corrected chi connectivity index (χ3v) is 5.02. The van der Waals surface area contributed by atoms with Crippen LogP contribution in [0.25, 0.3) is 10.8 Å². The van der Waals surface area contributed by atoms with Gasteiger partial charge in [0, 0.05) is 6.54 Å². The number of thiophene rings is 1. The Labute approximate surface area is 164 Å². The van der Waals surface area contributed by atoms with Crippen molar-refractivity contribution in [3.05, 3.63) is 58.6 Å². The molecule has 0 fully saturated rings. The predicted molar refractivity (Wildman–Crippen MR) is 101 cm³/mol. The number of nitrogens with zero attached hydrogens (tertiary/aromatic N) is 3. The lowest BCUT2D eigenvalue weighted by molar-refractivity contribution is -0.137. The van der Waals surface area contributed by atoms with Gasteiger partial charge in [-0.3, -0.25) is 0 Å². The molecule has 0 bridgehead atoms. The number of anilines is 1. The van der Waals surface area contributed by atoms with Crippen molar-refractivity contribution in [1.29, 1.82) is 5.26 Å². The minimum atomic E-state index is -4.37. The second-order valence-electron chi connectivity index (χ2n) is 6.27. The Balaban J connectivity index is 1.78. The Kier molecular flexibility index (Phi) is 5.72. The summed E-state index contributed by atoms with van der Waals surface area (Å²) in [6.07, 6.45) is -4.37. The Morgan fingerprint density at radius 3 is 2.50 bits per heavy atom. The molecule has 1 unspecified atom stereocenters. The summed E-state index contributed by atoms with van der Waals surface area (Å²) in [5.74, 6) is 0.592. The van der Waals surface area contributed by atoms with Gasteiger partial charge in [0.15, 0.2) is 0 Å². The highest BCUT2D eigenvalue weighted by molar-refractivity contribution is 7.13. The van der Waals surface area contributed by atoms with Crippen LogP contribution in [0.15, 0.2) is 46.2 Å². The van der Waals surface area contributed by atoms with Crippen LogP contribution in [0.1, 0.15) is 22.9 Å². The monoisotopic (exact) mass is 406 g/mol. The van der Waals surface area contributed by atoms with Crippen molar-refractivity contribution in [1.82, 2.24) is 9.88 Å². The van der Waals surface area contributed by atoms with E-state index in [1.807, 2.05) is 42.6 Å². The fourth-order valence-corrected chi connectivity index (χ4v) is 3.35. The van der Waals surface area contributed by atoms with Crippen molar-refractivity contribution in [2.45, 2.75) is 12.2 Å². The molecular formula is C19H17F3N4OS. The molecule has 0 spiro atoms. The SMILES string of the molecule is CN(C)C(CNc1oc(-c2cccs2)nc1C#N)c1ccc(C(F)(F)F)cc1. The van der Waals surface area contributed by atoms with E-state index in [4.69, 9.17) is 4.42 Å². The molecule has 0 aliphatic rings. The van der Waals surface area contributed by atoms with Gasteiger partial charge in [0.2, 0.25) is 17.5 Å². The molecular weight excluding hydrogens is 389 g/mol. The van der Waals surface area contributed by atoms with Crippen molar-refractivity contribution in [2.24, 2.45) is 0 Å². The number of aromatic nitrogens is 1. The summed E-state index contributed by atoms with van der Waals surface area (Å²) in [5.41, 5.74) is 0.152. The Morgan fingerprint density at radius 2 is 1.96 bits per heavy atom. The molecule has 0 saturated carbocycles. The summed E-state index contributed by atoms with van der Waals surface area (Å²) in [5, 5.41) is 14.2. The van der Waals surface area contributed by atoms with Gasteiger partial charge in [0.1, 0.15) is 6.07 Å². The second-order valence-corrected chi connectivity index (χ2v) is 7.21. The van der Waals surface area contributed by atoms with Gasteiger partial charge in [-0.1, -0.05) is 18.2 Å². The van der Waals surface area contributed by atoms with Gasteiger partial charge in [0.05, 0.1) is 16.5 Å². The van der Waals surface area contributed by atoms with Crippen molar-refractivity contribution in [2.75, 3.05) is 26.0 Å². The smallest absolute Gasteiger partial charge is 0.416 e. The van der Waals surface area contributed by atoms with Gasteiger partial charge in [-0.25, -0.2) is 0 Å². The first-order valence-corrected chi connectivity index (χ1v) is 9.20. The van der Waals surface area contributed by atoms with E-state index in [1.54, 1.807) is 0 Å². The average molecular weight is 406 g/mol. The topological polar surface area (TPSA) is 65.1 Å². The third-order valence-electron chi connectivity index (χ3n) is 4.17. The number of hydrogen-bond donors (Lipinski definition) is 1. The van der Waals surface area contributed by atoms with E-state index in [9.17, 15) is 18.4 Å². The van der Waals surface area contributed by atoms with E-state index >= 15 is 0 Å². The zero-order valence-electron chi connectivity index (χ0n) is 15.1. The number of likely N-dealkylation sites (N-methyl/N-ethyl adjacent to an activating group) is 1. The van der Waals surface area contributed by atoms with Crippen LogP contribution in [-0.4, -0.2) is 30.5 Å². The third kappa shape index (κ3) is 4.35. The molecule has 0 amide bonds. The largest absolute Gasteiger partial charge is 0.418 e. The van der Waals surface area contributed by atoms with Crippen LogP contribution in [0.4, 0.5) is 19.1 Å². The fraction of sp³-hybridized carbons (Fsp3) is 0.263. The first kappa shape index (κ1) is 19.9. The Hall–Kier alpha value is -2.83. The average Bonchev–Trinajstić information content (AvgIpc) is 3.30. The van der Waals surface area contributed by atoms with Crippen LogP contribution in [0.3, 0.4) is 0 Å². The van der Waals surface area contributed by atoms with E-state index in [2.05, 4.69) is 10.3 Å². The fourth-order valence-electron chi connectivity index (χ4n) is 2.70. The van der Waals surface area contributed by atoms with Gasteiger partial charge in [0.25, 0.3) is 0 Å². The van der Waals surface area contributed by atoms with Crippen LogP contribution < -0.4 is 5.32 Å². The molecule has 5 nitrogen and oxygen atoms in total. The number of hydrogen-bond acceptors (Lipinski definition) is 6. The first-order chi connectivity index (χ1) is 13.3. The molecule has 0 saturated heterocycles. The number of benzene rings is 1. The van der Waals surface area contributed by atoms with Crippen molar-refractivity contribution >= 4 is 17.2 Å². The van der Waals surface area contributed by atoms with Gasteiger partial charge in [-0.15, -0.1) is 11.3 Å². The molecule has 0 aliphatic heterocycles. The van der Waals surface area contributed by atoms with E-state index in [-0.39, 0.29) is 17.6 Å². The highest BCUT2D eigenvalue weighted by Crippen LogP contribution is 2.32. The molecule has 1 atom stereocenters. The van der Waals surface area contributed by atoms with E-state index in [0.717, 1.165) is 17.0 Å². The summed E-state index contributed by atoms with van der Waals surface area (Å²) < 4.78 is 44.0. The molecule has 0 aliphatic carbocycles. The maximum absolute atomic E-state index is 12.8. The van der Waals surface area contributed by atoms with Crippen LogP contribution in [-0.2, 0) is 6.18 Å².